The molecular formula is C16H17FN6O. The predicted octanol–water partition coefficient (Wildman–Crippen LogP) is 2.27. The number of anilines is 2. The minimum atomic E-state index is -0.269. The van der Waals surface area contributed by atoms with E-state index in [0.717, 1.165) is 11.3 Å². The van der Waals surface area contributed by atoms with Crippen LogP contribution in [-0.4, -0.2) is 34.2 Å². The van der Waals surface area contributed by atoms with Crippen molar-refractivity contribution in [2.45, 2.75) is 13.0 Å². The standard InChI is InChI=1S/C16H17FN6O/c1-23(2)13-8-18-15(19-9-13)10-20-16-21-14(22-24-16)7-11-3-5-12(17)6-4-11/h3-6,8-9H,7,10H2,1-2H3,(H,20,21,22). The fraction of sp³-hybridized carbons (Fsp3) is 0.250. The maximum atomic E-state index is 12.9. The van der Waals surface area contributed by atoms with Crippen LogP contribution in [0.2, 0.25) is 0 Å². The molecule has 24 heavy (non-hydrogen) atoms. The molecular weight excluding hydrogens is 311 g/mol. The Kier molecular flexibility index (Phi) is 4.64. The van der Waals surface area contributed by atoms with Crippen molar-refractivity contribution in [3.05, 3.63) is 59.7 Å². The Morgan fingerprint density at radius 2 is 1.79 bits per heavy atom. The Hall–Kier alpha value is -3.03. The molecule has 0 fully saturated rings. The second kappa shape index (κ2) is 7.03. The zero-order valence-electron chi connectivity index (χ0n) is 13.4. The molecule has 2 heterocycles. The van der Waals surface area contributed by atoms with Crippen molar-refractivity contribution in [3.63, 3.8) is 0 Å². The van der Waals surface area contributed by atoms with Crippen molar-refractivity contribution in [1.29, 1.82) is 0 Å². The maximum absolute atomic E-state index is 12.9. The average molecular weight is 328 g/mol. The first kappa shape index (κ1) is 15.9. The topological polar surface area (TPSA) is 80.0 Å². The van der Waals surface area contributed by atoms with Crippen LogP contribution in [0.3, 0.4) is 0 Å². The molecule has 1 N–H and O–H groups in total. The molecule has 0 spiro atoms. The SMILES string of the molecule is CN(C)c1cnc(CNc2nc(Cc3ccc(F)cc3)no2)nc1. The van der Waals surface area contributed by atoms with Gasteiger partial charge in [-0.25, -0.2) is 14.4 Å². The van der Waals surface area contributed by atoms with Crippen LogP contribution in [0.25, 0.3) is 0 Å². The third-order valence-electron chi connectivity index (χ3n) is 3.35. The van der Waals surface area contributed by atoms with Gasteiger partial charge in [0.25, 0.3) is 0 Å². The van der Waals surface area contributed by atoms with Crippen LogP contribution in [0, 0.1) is 5.82 Å². The lowest BCUT2D eigenvalue weighted by Crippen LogP contribution is -2.11. The van der Waals surface area contributed by atoms with Gasteiger partial charge < -0.3 is 14.7 Å². The van der Waals surface area contributed by atoms with Crippen LogP contribution in [0.1, 0.15) is 17.2 Å². The van der Waals surface area contributed by atoms with Gasteiger partial charge in [0.15, 0.2) is 5.82 Å². The van der Waals surface area contributed by atoms with Gasteiger partial charge in [-0.05, 0) is 17.7 Å². The van der Waals surface area contributed by atoms with Crippen molar-refractivity contribution in [2.24, 2.45) is 0 Å². The predicted molar refractivity (Wildman–Crippen MR) is 87.2 cm³/mol. The van der Waals surface area contributed by atoms with Gasteiger partial charge in [0.2, 0.25) is 0 Å². The Balaban J connectivity index is 1.56. The second-order valence-electron chi connectivity index (χ2n) is 5.42. The summed E-state index contributed by atoms with van der Waals surface area (Å²) in [6, 6.07) is 6.50. The van der Waals surface area contributed by atoms with Crippen molar-refractivity contribution >= 4 is 11.7 Å². The number of rotatable bonds is 6. The monoisotopic (exact) mass is 328 g/mol. The molecule has 0 bridgehead atoms. The first-order chi connectivity index (χ1) is 11.6. The molecule has 0 aliphatic rings. The molecule has 0 unspecified atom stereocenters. The van der Waals surface area contributed by atoms with E-state index in [1.807, 2.05) is 19.0 Å². The zero-order chi connectivity index (χ0) is 16.9. The molecule has 3 aromatic rings. The highest BCUT2D eigenvalue weighted by atomic mass is 19.1. The van der Waals surface area contributed by atoms with E-state index in [9.17, 15) is 4.39 Å². The van der Waals surface area contributed by atoms with Gasteiger partial charge in [0.1, 0.15) is 11.6 Å². The summed E-state index contributed by atoms with van der Waals surface area (Å²) in [7, 11) is 3.86. The van der Waals surface area contributed by atoms with Crippen LogP contribution >= 0.6 is 0 Å². The van der Waals surface area contributed by atoms with E-state index in [1.54, 1.807) is 24.5 Å². The molecule has 0 aliphatic heterocycles. The van der Waals surface area contributed by atoms with E-state index in [-0.39, 0.29) is 5.82 Å². The minimum absolute atomic E-state index is 0.269. The molecule has 0 atom stereocenters. The van der Waals surface area contributed by atoms with Crippen LogP contribution in [0.5, 0.6) is 0 Å². The van der Waals surface area contributed by atoms with Crippen molar-refractivity contribution in [3.8, 4) is 0 Å². The van der Waals surface area contributed by atoms with Crippen molar-refractivity contribution in [1.82, 2.24) is 20.1 Å². The molecule has 0 radical (unpaired) electrons. The number of benzene rings is 1. The molecule has 0 saturated carbocycles. The highest BCUT2D eigenvalue weighted by Crippen LogP contribution is 2.11. The summed E-state index contributed by atoms with van der Waals surface area (Å²) in [6.45, 7) is 0.381. The number of hydrogen-bond donors (Lipinski definition) is 1. The Bertz CT molecular complexity index is 785. The lowest BCUT2D eigenvalue weighted by molar-refractivity contribution is 0.423. The van der Waals surface area contributed by atoms with Gasteiger partial charge in [-0.1, -0.05) is 17.3 Å². The van der Waals surface area contributed by atoms with E-state index in [4.69, 9.17) is 4.52 Å². The fourth-order valence-electron chi connectivity index (χ4n) is 2.01. The number of hydrogen-bond acceptors (Lipinski definition) is 7. The van der Waals surface area contributed by atoms with Crippen LogP contribution < -0.4 is 10.2 Å². The van der Waals surface area contributed by atoms with E-state index in [2.05, 4.69) is 25.4 Å². The molecule has 124 valence electrons. The lowest BCUT2D eigenvalue weighted by atomic mass is 10.1. The summed E-state index contributed by atoms with van der Waals surface area (Å²) >= 11 is 0. The number of nitrogens with zero attached hydrogens (tertiary/aromatic N) is 5. The fourth-order valence-corrected chi connectivity index (χ4v) is 2.01. The normalized spacial score (nSPS) is 10.6. The minimum Gasteiger partial charge on any atom is -0.375 e. The molecule has 0 saturated heterocycles. The summed E-state index contributed by atoms with van der Waals surface area (Å²) in [6.07, 6.45) is 3.97. The third kappa shape index (κ3) is 4.03. The highest BCUT2D eigenvalue weighted by Gasteiger charge is 2.08. The Morgan fingerprint density at radius 3 is 2.46 bits per heavy atom. The molecule has 1 aromatic carbocycles. The molecule has 2 aromatic heterocycles. The number of halogens is 1. The van der Waals surface area contributed by atoms with Gasteiger partial charge in [-0.2, -0.15) is 4.98 Å². The van der Waals surface area contributed by atoms with Gasteiger partial charge in [-0.15, -0.1) is 0 Å². The van der Waals surface area contributed by atoms with Crippen LogP contribution in [-0.2, 0) is 13.0 Å². The first-order valence-electron chi connectivity index (χ1n) is 7.39. The molecule has 0 amide bonds. The van der Waals surface area contributed by atoms with Crippen molar-refractivity contribution in [2.75, 3.05) is 24.3 Å². The molecule has 3 rings (SSSR count). The summed E-state index contributed by atoms with van der Waals surface area (Å²) in [5.41, 5.74) is 1.84. The van der Waals surface area contributed by atoms with E-state index in [1.165, 1.54) is 12.1 Å². The van der Waals surface area contributed by atoms with Crippen LogP contribution in [0.15, 0.2) is 41.2 Å². The molecule has 8 heteroatoms. The third-order valence-corrected chi connectivity index (χ3v) is 3.35. The smallest absolute Gasteiger partial charge is 0.321 e. The largest absolute Gasteiger partial charge is 0.375 e. The van der Waals surface area contributed by atoms with Crippen LogP contribution in [0.4, 0.5) is 16.1 Å². The maximum Gasteiger partial charge on any atom is 0.321 e. The van der Waals surface area contributed by atoms with E-state index in [0.29, 0.717) is 30.6 Å². The Labute approximate surface area is 138 Å². The van der Waals surface area contributed by atoms with E-state index < -0.39 is 0 Å². The quantitative estimate of drug-likeness (QED) is 0.743. The zero-order valence-corrected chi connectivity index (χ0v) is 13.4. The summed E-state index contributed by atoms with van der Waals surface area (Å²) in [4.78, 5) is 14.7. The first-order valence-corrected chi connectivity index (χ1v) is 7.39. The molecule has 0 aliphatic carbocycles. The van der Waals surface area contributed by atoms with Crippen molar-refractivity contribution < 1.29 is 8.91 Å². The number of aromatic nitrogens is 4. The van der Waals surface area contributed by atoms with Gasteiger partial charge in [0.05, 0.1) is 24.6 Å². The second-order valence-corrected chi connectivity index (χ2v) is 5.42. The summed E-state index contributed by atoms with van der Waals surface area (Å²) in [5, 5.41) is 6.88. The van der Waals surface area contributed by atoms with Gasteiger partial charge >= 0.3 is 6.01 Å². The molecule has 7 nitrogen and oxygen atoms in total. The van der Waals surface area contributed by atoms with Gasteiger partial charge in [0, 0.05) is 20.5 Å². The Morgan fingerprint density at radius 1 is 1.08 bits per heavy atom. The lowest BCUT2D eigenvalue weighted by Gasteiger charge is -2.10. The summed E-state index contributed by atoms with van der Waals surface area (Å²) < 4.78 is 18.0. The number of nitrogens with one attached hydrogen (secondary N) is 1. The van der Waals surface area contributed by atoms with E-state index >= 15 is 0 Å². The summed E-state index contributed by atoms with van der Waals surface area (Å²) in [5.74, 6) is 0.876. The van der Waals surface area contributed by atoms with Gasteiger partial charge in [-0.3, -0.25) is 0 Å². The average Bonchev–Trinajstić information content (AvgIpc) is 3.03. The highest BCUT2D eigenvalue weighted by molar-refractivity contribution is 5.39.